The van der Waals surface area contributed by atoms with Gasteiger partial charge in [0.1, 0.15) is 0 Å². The molecule has 1 aliphatic heterocycles. The molecule has 3 rings (SSSR count). The van der Waals surface area contributed by atoms with Crippen LogP contribution in [0.25, 0.3) is 0 Å². The van der Waals surface area contributed by atoms with Crippen LogP contribution in [0.3, 0.4) is 0 Å². The van der Waals surface area contributed by atoms with Crippen molar-refractivity contribution < 1.29 is 4.79 Å². The van der Waals surface area contributed by atoms with Gasteiger partial charge in [-0.05, 0) is 38.3 Å². The van der Waals surface area contributed by atoms with Gasteiger partial charge in [-0.3, -0.25) is 4.79 Å². The predicted octanol–water partition coefficient (Wildman–Crippen LogP) is 3.20. The third kappa shape index (κ3) is 4.62. The van der Waals surface area contributed by atoms with Crippen LogP contribution in [0.1, 0.15) is 34.8 Å². The maximum absolute atomic E-state index is 11.8. The summed E-state index contributed by atoms with van der Waals surface area (Å²) in [5.41, 5.74) is 3.36. The highest BCUT2D eigenvalue weighted by molar-refractivity contribution is 7.17. The second-order valence-electron chi connectivity index (χ2n) is 5.55. The number of carbonyl (C=O) groups is 1. The maximum Gasteiger partial charge on any atom is 0.246 e. The van der Waals surface area contributed by atoms with E-state index >= 15 is 0 Å². The topological polar surface area (TPSA) is 57.6 Å². The molecule has 7 heteroatoms. The second kappa shape index (κ2) is 7.70. The first-order valence-electron chi connectivity index (χ1n) is 7.78. The summed E-state index contributed by atoms with van der Waals surface area (Å²) >= 11 is 3.26. The molecule has 0 saturated carbocycles. The molecular formula is C16H20N4OS2. The van der Waals surface area contributed by atoms with Gasteiger partial charge in [-0.15, -0.1) is 22.7 Å². The molecule has 0 unspecified atom stereocenters. The number of nitrogens with zero attached hydrogens (tertiary/aromatic N) is 3. The Morgan fingerprint density at radius 2 is 2.22 bits per heavy atom. The van der Waals surface area contributed by atoms with Crippen molar-refractivity contribution in [1.29, 1.82) is 0 Å². The Labute approximate surface area is 144 Å². The van der Waals surface area contributed by atoms with Crippen molar-refractivity contribution in [2.75, 3.05) is 18.0 Å². The van der Waals surface area contributed by atoms with Crippen LogP contribution >= 0.6 is 22.7 Å². The molecule has 1 N–H and O–H groups in total. The van der Waals surface area contributed by atoms with Gasteiger partial charge in [-0.25, -0.2) is 10.4 Å². The van der Waals surface area contributed by atoms with E-state index in [9.17, 15) is 4.79 Å². The number of carbonyl (C=O) groups excluding carboxylic acids is 1. The summed E-state index contributed by atoms with van der Waals surface area (Å²) < 4.78 is 0. The third-order valence-corrected chi connectivity index (χ3v) is 5.57. The largest absolute Gasteiger partial charge is 0.363 e. The fourth-order valence-electron chi connectivity index (χ4n) is 2.56. The Hall–Kier alpha value is -1.73. The zero-order valence-electron chi connectivity index (χ0n) is 13.1. The van der Waals surface area contributed by atoms with E-state index in [0.717, 1.165) is 28.7 Å². The van der Waals surface area contributed by atoms with Crippen LogP contribution in [0.15, 0.2) is 22.6 Å². The number of hydrogen-bond donors (Lipinski definition) is 1. The van der Waals surface area contributed by atoms with Gasteiger partial charge in [0.15, 0.2) is 0 Å². The van der Waals surface area contributed by atoms with Crippen LogP contribution in [-0.4, -0.2) is 30.2 Å². The summed E-state index contributed by atoms with van der Waals surface area (Å²) in [6.45, 7) is 4.21. The fraction of sp³-hybridized carbons (Fsp3) is 0.438. The first-order valence-corrected chi connectivity index (χ1v) is 9.48. The Bertz CT molecular complexity index is 686. The van der Waals surface area contributed by atoms with Crippen LogP contribution in [0.5, 0.6) is 0 Å². The number of thiophene rings is 1. The standard InChI is InChI=1S/C16H20N4OS2/c1-12-18-13(11-22-12)9-15(21)19-17-10-14-5-6-16(23-14)20-7-3-2-4-8-20/h5-6,10-11H,2-4,7-9H2,1H3,(H,19,21)/b17-10-. The Balaban J connectivity index is 1.49. The molecule has 0 aromatic carbocycles. The molecule has 23 heavy (non-hydrogen) atoms. The van der Waals surface area contributed by atoms with E-state index in [1.165, 1.54) is 24.3 Å². The molecular weight excluding hydrogens is 328 g/mol. The van der Waals surface area contributed by atoms with Crippen molar-refractivity contribution in [2.24, 2.45) is 5.10 Å². The highest BCUT2D eigenvalue weighted by atomic mass is 32.1. The Morgan fingerprint density at radius 1 is 1.39 bits per heavy atom. The molecule has 0 spiro atoms. The second-order valence-corrected chi connectivity index (χ2v) is 7.71. The SMILES string of the molecule is Cc1nc(CC(=O)N/N=C\c2ccc(N3CCCCC3)s2)cs1. The molecule has 1 fully saturated rings. The first kappa shape index (κ1) is 16.1. The summed E-state index contributed by atoms with van der Waals surface area (Å²) in [4.78, 5) is 19.6. The first-order chi connectivity index (χ1) is 11.2. The number of rotatable bonds is 5. The van der Waals surface area contributed by atoms with Crippen LogP contribution in [0.2, 0.25) is 0 Å². The zero-order valence-corrected chi connectivity index (χ0v) is 14.8. The minimum atomic E-state index is -0.139. The average Bonchev–Trinajstić information content (AvgIpc) is 3.17. The molecule has 2 aromatic rings. The molecule has 122 valence electrons. The van der Waals surface area contributed by atoms with Gasteiger partial charge in [0, 0.05) is 23.3 Å². The van der Waals surface area contributed by atoms with Gasteiger partial charge < -0.3 is 4.90 Å². The maximum atomic E-state index is 11.8. The fourth-order valence-corrected chi connectivity index (χ4v) is 4.10. The molecule has 2 aromatic heterocycles. The zero-order chi connectivity index (χ0) is 16.1. The number of hydrazone groups is 1. The summed E-state index contributed by atoms with van der Waals surface area (Å²) in [5, 5.41) is 8.21. The van der Waals surface area contributed by atoms with Crippen molar-refractivity contribution in [1.82, 2.24) is 10.4 Å². The summed E-state index contributed by atoms with van der Waals surface area (Å²) in [6, 6.07) is 4.19. The Kier molecular flexibility index (Phi) is 5.40. The van der Waals surface area contributed by atoms with Gasteiger partial charge in [-0.2, -0.15) is 5.10 Å². The number of aromatic nitrogens is 1. The van der Waals surface area contributed by atoms with Gasteiger partial charge >= 0.3 is 0 Å². The number of aryl methyl sites for hydroxylation is 1. The number of nitrogens with one attached hydrogen (secondary N) is 1. The molecule has 0 bridgehead atoms. The molecule has 1 saturated heterocycles. The highest BCUT2D eigenvalue weighted by Gasteiger charge is 2.12. The van der Waals surface area contributed by atoms with Crippen LogP contribution in [-0.2, 0) is 11.2 Å². The minimum Gasteiger partial charge on any atom is -0.363 e. The lowest BCUT2D eigenvalue weighted by Gasteiger charge is -2.27. The van der Waals surface area contributed by atoms with Crippen molar-refractivity contribution >= 4 is 39.8 Å². The molecule has 1 amide bonds. The molecule has 1 aliphatic rings. The van der Waals surface area contributed by atoms with Gasteiger partial charge in [0.05, 0.1) is 28.3 Å². The molecule has 3 heterocycles. The summed E-state index contributed by atoms with van der Waals surface area (Å²) in [5.74, 6) is -0.139. The summed E-state index contributed by atoms with van der Waals surface area (Å²) in [7, 11) is 0. The molecule has 0 aliphatic carbocycles. The molecule has 0 atom stereocenters. The number of piperidine rings is 1. The van der Waals surface area contributed by atoms with Crippen molar-refractivity contribution in [3.05, 3.63) is 33.1 Å². The minimum absolute atomic E-state index is 0.139. The van der Waals surface area contributed by atoms with Gasteiger partial charge in [0.2, 0.25) is 5.91 Å². The summed E-state index contributed by atoms with van der Waals surface area (Å²) in [6.07, 6.45) is 5.86. The normalized spacial score (nSPS) is 15.3. The lowest BCUT2D eigenvalue weighted by molar-refractivity contribution is -0.120. The number of thiazole rings is 1. The van der Waals surface area contributed by atoms with Crippen LogP contribution < -0.4 is 10.3 Å². The predicted molar refractivity (Wildman–Crippen MR) is 96.7 cm³/mol. The van der Waals surface area contributed by atoms with E-state index in [4.69, 9.17) is 0 Å². The smallest absolute Gasteiger partial charge is 0.246 e. The monoisotopic (exact) mass is 348 g/mol. The van der Waals surface area contributed by atoms with E-state index in [0.29, 0.717) is 0 Å². The lowest BCUT2D eigenvalue weighted by Crippen LogP contribution is -2.28. The highest BCUT2D eigenvalue weighted by Crippen LogP contribution is 2.27. The van der Waals surface area contributed by atoms with Gasteiger partial charge in [0.25, 0.3) is 0 Å². The van der Waals surface area contributed by atoms with Gasteiger partial charge in [-0.1, -0.05) is 0 Å². The lowest BCUT2D eigenvalue weighted by atomic mass is 10.1. The van der Waals surface area contributed by atoms with Crippen LogP contribution in [0.4, 0.5) is 5.00 Å². The third-order valence-electron chi connectivity index (χ3n) is 3.67. The number of hydrogen-bond acceptors (Lipinski definition) is 6. The number of anilines is 1. The van der Waals surface area contributed by atoms with E-state index in [1.807, 2.05) is 18.4 Å². The Morgan fingerprint density at radius 3 is 2.96 bits per heavy atom. The van der Waals surface area contributed by atoms with Crippen molar-refractivity contribution in [2.45, 2.75) is 32.6 Å². The van der Waals surface area contributed by atoms with Crippen LogP contribution in [0, 0.1) is 6.92 Å². The van der Waals surface area contributed by atoms with E-state index in [2.05, 4.69) is 26.5 Å². The quantitative estimate of drug-likeness (QED) is 0.667. The van der Waals surface area contributed by atoms with E-state index in [1.54, 1.807) is 28.9 Å². The number of amides is 1. The van der Waals surface area contributed by atoms with Crippen molar-refractivity contribution in [3.8, 4) is 0 Å². The van der Waals surface area contributed by atoms with E-state index < -0.39 is 0 Å². The molecule has 5 nitrogen and oxygen atoms in total. The molecule has 0 radical (unpaired) electrons. The average molecular weight is 348 g/mol. The van der Waals surface area contributed by atoms with Crippen molar-refractivity contribution in [3.63, 3.8) is 0 Å². The van der Waals surface area contributed by atoms with E-state index in [-0.39, 0.29) is 12.3 Å².